The molecular formula is C23H21Cl3N2O4S. The van der Waals surface area contributed by atoms with Gasteiger partial charge in [0.15, 0.2) is 0 Å². The van der Waals surface area contributed by atoms with Gasteiger partial charge in [0.2, 0.25) is 15.9 Å². The SMILES string of the molecule is COc1ccc(S(=O)(=O)N(CCc2ccccc2)CC(=O)Nc2cc(Cl)c(Cl)cc2Cl)cc1. The number of methoxy groups -OCH3 is 1. The highest BCUT2D eigenvalue weighted by Crippen LogP contribution is 2.32. The van der Waals surface area contributed by atoms with Crippen LogP contribution in [0, 0.1) is 0 Å². The number of rotatable bonds is 9. The monoisotopic (exact) mass is 526 g/mol. The van der Waals surface area contributed by atoms with Gasteiger partial charge in [-0.05, 0) is 48.4 Å². The lowest BCUT2D eigenvalue weighted by atomic mass is 10.1. The molecule has 3 aromatic carbocycles. The summed E-state index contributed by atoms with van der Waals surface area (Å²) in [6.45, 7) is -0.321. The lowest BCUT2D eigenvalue weighted by molar-refractivity contribution is -0.116. The molecule has 0 spiro atoms. The van der Waals surface area contributed by atoms with E-state index in [2.05, 4.69) is 5.32 Å². The van der Waals surface area contributed by atoms with Gasteiger partial charge in [-0.15, -0.1) is 0 Å². The van der Waals surface area contributed by atoms with Crippen molar-refractivity contribution in [2.45, 2.75) is 11.3 Å². The summed E-state index contributed by atoms with van der Waals surface area (Å²) in [5.74, 6) is -0.0442. The molecule has 0 aliphatic rings. The van der Waals surface area contributed by atoms with E-state index >= 15 is 0 Å². The van der Waals surface area contributed by atoms with Crippen LogP contribution in [-0.2, 0) is 21.2 Å². The highest BCUT2D eigenvalue weighted by molar-refractivity contribution is 7.89. The maximum absolute atomic E-state index is 13.3. The van der Waals surface area contributed by atoms with E-state index in [-0.39, 0.29) is 32.2 Å². The van der Waals surface area contributed by atoms with Crippen molar-refractivity contribution in [3.05, 3.63) is 87.4 Å². The number of sulfonamides is 1. The summed E-state index contributed by atoms with van der Waals surface area (Å²) in [5, 5.41) is 3.25. The molecule has 1 N–H and O–H groups in total. The van der Waals surface area contributed by atoms with Crippen LogP contribution in [0.25, 0.3) is 0 Å². The van der Waals surface area contributed by atoms with Gasteiger partial charge < -0.3 is 10.1 Å². The van der Waals surface area contributed by atoms with Gasteiger partial charge >= 0.3 is 0 Å². The largest absolute Gasteiger partial charge is 0.497 e. The van der Waals surface area contributed by atoms with Crippen LogP contribution in [0.2, 0.25) is 15.1 Å². The molecule has 10 heteroatoms. The first kappa shape index (κ1) is 25.3. The second-order valence-corrected chi connectivity index (χ2v) is 10.2. The lowest BCUT2D eigenvalue weighted by Crippen LogP contribution is -2.39. The van der Waals surface area contributed by atoms with Crippen LogP contribution in [0.4, 0.5) is 5.69 Å². The van der Waals surface area contributed by atoms with E-state index in [9.17, 15) is 13.2 Å². The molecule has 3 rings (SSSR count). The minimum absolute atomic E-state index is 0.0525. The first-order valence-corrected chi connectivity index (χ1v) is 12.4. The zero-order valence-corrected chi connectivity index (χ0v) is 20.7. The van der Waals surface area contributed by atoms with Crippen LogP contribution in [0.5, 0.6) is 5.75 Å². The number of carbonyl (C=O) groups is 1. The third-order valence-corrected chi connectivity index (χ3v) is 7.69. The quantitative estimate of drug-likeness (QED) is 0.371. The van der Waals surface area contributed by atoms with Gasteiger partial charge in [0.05, 0.1) is 39.3 Å². The lowest BCUT2D eigenvalue weighted by Gasteiger charge is -2.22. The third kappa shape index (κ3) is 6.62. The van der Waals surface area contributed by atoms with Crippen LogP contribution in [-0.4, -0.2) is 38.8 Å². The minimum atomic E-state index is -3.97. The van der Waals surface area contributed by atoms with Crippen molar-refractivity contribution < 1.29 is 17.9 Å². The van der Waals surface area contributed by atoms with Crippen LogP contribution >= 0.6 is 34.8 Å². The molecule has 0 atom stereocenters. The van der Waals surface area contributed by atoms with E-state index in [1.54, 1.807) is 12.1 Å². The van der Waals surface area contributed by atoms with Crippen LogP contribution in [0.3, 0.4) is 0 Å². The standard InChI is InChI=1S/C23H21Cl3N2O4S/c1-32-17-7-9-18(10-8-17)33(30,31)28(12-11-16-5-3-2-4-6-16)15-23(29)27-22-14-20(25)19(24)13-21(22)26/h2-10,13-14H,11-12,15H2,1H3,(H,27,29). The van der Waals surface area contributed by atoms with Crippen molar-refractivity contribution in [2.75, 3.05) is 25.5 Å². The van der Waals surface area contributed by atoms with Gasteiger partial charge in [0.1, 0.15) is 5.75 Å². The second kappa shape index (κ2) is 11.2. The van der Waals surface area contributed by atoms with Crippen LogP contribution < -0.4 is 10.1 Å². The highest BCUT2D eigenvalue weighted by atomic mass is 35.5. The molecule has 0 fully saturated rings. The number of amides is 1. The predicted molar refractivity (Wildman–Crippen MR) is 132 cm³/mol. The van der Waals surface area contributed by atoms with Gasteiger partial charge in [-0.25, -0.2) is 8.42 Å². The molecule has 0 heterocycles. The normalized spacial score (nSPS) is 11.4. The number of benzene rings is 3. The Hall–Kier alpha value is -2.29. The van der Waals surface area contributed by atoms with E-state index in [1.807, 2.05) is 30.3 Å². The fourth-order valence-electron chi connectivity index (χ4n) is 3.05. The maximum Gasteiger partial charge on any atom is 0.243 e. The number of nitrogens with zero attached hydrogens (tertiary/aromatic N) is 1. The Kier molecular flexibility index (Phi) is 8.62. The van der Waals surface area contributed by atoms with Gasteiger partial charge in [-0.1, -0.05) is 65.1 Å². The summed E-state index contributed by atoms with van der Waals surface area (Å²) in [5.41, 5.74) is 1.18. The molecule has 0 aliphatic carbocycles. The summed E-state index contributed by atoms with van der Waals surface area (Å²) < 4.78 is 32.9. The summed E-state index contributed by atoms with van der Waals surface area (Å²) in [6.07, 6.45) is 0.428. The fourth-order valence-corrected chi connectivity index (χ4v) is 5.04. The highest BCUT2D eigenvalue weighted by Gasteiger charge is 2.27. The molecule has 1 amide bonds. The van der Waals surface area contributed by atoms with E-state index in [1.165, 1.54) is 31.4 Å². The van der Waals surface area contributed by atoms with Crippen molar-refractivity contribution in [3.8, 4) is 5.75 Å². The van der Waals surface area contributed by atoms with Gasteiger partial charge in [-0.3, -0.25) is 4.79 Å². The molecule has 0 radical (unpaired) electrons. The van der Waals surface area contributed by atoms with Crippen molar-refractivity contribution in [3.63, 3.8) is 0 Å². The number of halogens is 3. The van der Waals surface area contributed by atoms with Gasteiger partial charge in [0, 0.05) is 6.54 Å². The number of hydrogen-bond acceptors (Lipinski definition) is 4. The number of nitrogens with one attached hydrogen (secondary N) is 1. The number of anilines is 1. The van der Waals surface area contributed by atoms with E-state index in [0.717, 1.165) is 9.87 Å². The Morgan fingerprint density at radius 2 is 1.58 bits per heavy atom. The number of hydrogen-bond donors (Lipinski definition) is 1. The summed E-state index contributed by atoms with van der Waals surface area (Å²) in [4.78, 5) is 12.8. The van der Waals surface area contributed by atoms with Gasteiger partial charge in [0.25, 0.3) is 0 Å². The minimum Gasteiger partial charge on any atom is -0.497 e. The predicted octanol–water partition coefficient (Wildman–Crippen LogP) is 5.53. The van der Waals surface area contributed by atoms with Crippen LogP contribution in [0.15, 0.2) is 71.6 Å². The topological polar surface area (TPSA) is 75.7 Å². The Balaban J connectivity index is 1.84. The first-order valence-electron chi connectivity index (χ1n) is 9.83. The molecule has 0 aliphatic heterocycles. The maximum atomic E-state index is 13.3. The second-order valence-electron chi connectivity index (χ2n) is 7.04. The Morgan fingerprint density at radius 1 is 0.939 bits per heavy atom. The zero-order valence-electron chi connectivity index (χ0n) is 17.6. The van der Waals surface area contributed by atoms with Crippen molar-refractivity contribution >= 4 is 56.4 Å². The molecule has 0 unspecified atom stereocenters. The van der Waals surface area contributed by atoms with E-state index in [4.69, 9.17) is 39.5 Å². The zero-order chi connectivity index (χ0) is 24.0. The Labute approximate surface area is 208 Å². The van der Waals surface area contributed by atoms with Crippen molar-refractivity contribution in [1.29, 1.82) is 0 Å². The number of ether oxygens (including phenoxy) is 1. The van der Waals surface area contributed by atoms with Crippen molar-refractivity contribution in [2.24, 2.45) is 0 Å². The first-order chi connectivity index (χ1) is 15.7. The molecular weight excluding hydrogens is 507 g/mol. The molecule has 0 bridgehead atoms. The molecule has 0 saturated carbocycles. The average Bonchev–Trinajstić information content (AvgIpc) is 2.80. The molecule has 3 aromatic rings. The molecule has 6 nitrogen and oxygen atoms in total. The van der Waals surface area contributed by atoms with Crippen molar-refractivity contribution in [1.82, 2.24) is 4.31 Å². The average molecular weight is 528 g/mol. The summed E-state index contributed by atoms with van der Waals surface area (Å²) >= 11 is 18.1. The van der Waals surface area contributed by atoms with E-state index in [0.29, 0.717) is 12.2 Å². The van der Waals surface area contributed by atoms with E-state index < -0.39 is 22.5 Å². The molecule has 0 saturated heterocycles. The summed E-state index contributed by atoms with van der Waals surface area (Å²) in [6, 6.07) is 18.2. The van der Waals surface area contributed by atoms with Crippen LogP contribution in [0.1, 0.15) is 5.56 Å². The third-order valence-electron chi connectivity index (χ3n) is 4.79. The summed E-state index contributed by atoms with van der Waals surface area (Å²) in [7, 11) is -2.48. The number of carbonyl (C=O) groups excluding carboxylic acids is 1. The smallest absolute Gasteiger partial charge is 0.243 e. The fraction of sp³-hybridized carbons (Fsp3) is 0.174. The molecule has 33 heavy (non-hydrogen) atoms. The Bertz CT molecular complexity index is 1220. The molecule has 174 valence electrons. The van der Waals surface area contributed by atoms with Gasteiger partial charge in [-0.2, -0.15) is 4.31 Å². The molecule has 0 aromatic heterocycles. The Morgan fingerprint density at radius 3 is 2.21 bits per heavy atom.